The molecule has 1 aliphatic rings. The maximum Gasteiger partial charge on any atom is 0.258 e. The Morgan fingerprint density at radius 2 is 0.918 bits per heavy atom. The van der Waals surface area contributed by atoms with E-state index in [9.17, 15) is 14.4 Å². The van der Waals surface area contributed by atoms with E-state index in [0.717, 1.165) is 41.4 Å². The Kier molecular flexibility index (Phi) is 17.0. The summed E-state index contributed by atoms with van der Waals surface area (Å²) in [4.78, 5) is 36.9. The van der Waals surface area contributed by atoms with E-state index in [2.05, 4.69) is 0 Å². The minimum absolute atomic E-state index is 0.00918. The van der Waals surface area contributed by atoms with Crippen molar-refractivity contribution in [2.24, 2.45) is 0 Å². The zero-order chi connectivity index (χ0) is 34.4. The van der Waals surface area contributed by atoms with Gasteiger partial charge in [-0.05, 0) is 60.9 Å². The van der Waals surface area contributed by atoms with Crippen LogP contribution in [0, 0.1) is 0 Å². The quantitative estimate of drug-likeness (QED) is 0.0390. The highest BCUT2D eigenvalue weighted by Crippen LogP contribution is 2.23. The van der Waals surface area contributed by atoms with E-state index >= 15 is 0 Å². The first-order valence-corrected chi connectivity index (χ1v) is 18.4. The van der Waals surface area contributed by atoms with Gasteiger partial charge in [0.25, 0.3) is 11.8 Å². The third-order valence-corrected chi connectivity index (χ3v) is 8.85. The molecular weight excluding hydrogens is 610 g/mol. The molecule has 1 heterocycles. The molecule has 0 bridgehead atoms. The van der Waals surface area contributed by atoms with Crippen LogP contribution in [0.1, 0.15) is 119 Å². The molecule has 0 radical (unpaired) electrons. The molecule has 0 N–H and O–H groups in total. The third-order valence-electron chi connectivity index (χ3n) is 8.85. The second-order valence-electron chi connectivity index (χ2n) is 12.8. The van der Waals surface area contributed by atoms with Crippen LogP contribution in [0.5, 0.6) is 11.5 Å². The van der Waals surface area contributed by atoms with Crippen LogP contribution < -0.4 is 14.4 Å². The van der Waals surface area contributed by atoms with Gasteiger partial charge in [-0.15, -0.1) is 0 Å². The summed E-state index contributed by atoms with van der Waals surface area (Å²) in [6.45, 7) is 1.44. The van der Waals surface area contributed by atoms with Gasteiger partial charge in [0.1, 0.15) is 11.5 Å². The lowest BCUT2D eigenvalue weighted by Crippen LogP contribution is -2.29. The van der Waals surface area contributed by atoms with E-state index in [1.807, 2.05) is 72.8 Å². The first kappa shape index (κ1) is 37.4. The summed E-state index contributed by atoms with van der Waals surface area (Å²) in [5, 5.41) is 0. The lowest BCUT2D eigenvalue weighted by Gasteiger charge is -2.14. The highest BCUT2D eigenvalue weighted by atomic mass is 16.5. The zero-order valence-corrected chi connectivity index (χ0v) is 29.0. The molecule has 3 aromatic carbocycles. The number of hydrogen-bond acceptors (Lipinski definition) is 5. The summed E-state index contributed by atoms with van der Waals surface area (Å²) in [6, 6.07) is 24.4. The van der Waals surface area contributed by atoms with Crippen LogP contribution in [0.2, 0.25) is 0 Å². The topological polar surface area (TPSA) is 72.9 Å². The standard InChI is InChI=1S/C43H53NO5/c45-41(37-20-16-15-17-21-37)31-24-36-22-27-39(28-23-36)48-34-18-13-11-9-7-5-3-1-2-4-6-8-10-12-14-19-35-49-40-29-25-38(26-30-40)44-42(46)32-33-43(44)47/h15-17,20-33H,1-14,18-19,34-35H2/b31-24+. The molecular formula is C43H53NO5. The molecule has 0 saturated carbocycles. The smallest absolute Gasteiger partial charge is 0.258 e. The van der Waals surface area contributed by atoms with Crippen LogP contribution in [0.4, 0.5) is 5.69 Å². The summed E-state index contributed by atoms with van der Waals surface area (Å²) >= 11 is 0. The summed E-state index contributed by atoms with van der Waals surface area (Å²) in [5.74, 6) is 1.04. The predicted octanol–water partition coefficient (Wildman–Crippen LogP) is 10.7. The molecule has 0 aromatic heterocycles. The van der Waals surface area contributed by atoms with Crippen LogP contribution in [0.3, 0.4) is 0 Å². The van der Waals surface area contributed by atoms with E-state index in [1.165, 1.54) is 102 Å². The number of amides is 2. The van der Waals surface area contributed by atoms with Crippen molar-refractivity contribution in [1.29, 1.82) is 0 Å². The van der Waals surface area contributed by atoms with Gasteiger partial charge < -0.3 is 9.47 Å². The number of anilines is 1. The average molecular weight is 664 g/mol. The third kappa shape index (κ3) is 14.3. The average Bonchev–Trinajstić information content (AvgIpc) is 3.47. The number of imide groups is 1. The molecule has 0 unspecified atom stereocenters. The molecule has 3 aromatic rings. The Hall–Kier alpha value is -4.45. The normalized spacial score (nSPS) is 12.7. The Bertz CT molecular complexity index is 1440. The highest BCUT2D eigenvalue weighted by Gasteiger charge is 2.24. The summed E-state index contributed by atoms with van der Waals surface area (Å²) in [6.07, 6.45) is 26.6. The van der Waals surface area contributed by atoms with Crippen LogP contribution in [-0.4, -0.2) is 30.8 Å². The highest BCUT2D eigenvalue weighted by molar-refractivity contribution is 6.28. The Labute approximate surface area is 293 Å². The van der Waals surface area contributed by atoms with Gasteiger partial charge in [-0.3, -0.25) is 14.4 Å². The van der Waals surface area contributed by atoms with Crippen molar-refractivity contribution in [2.75, 3.05) is 18.1 Å². The van der Waals surface area contributed by atoms with Crippen molar-refractivity contribution in [2.45, 2.75) is 103 Å². The maximum atomic E-state index is 12.2. The van der Waals surface area contributed by atoms with Crippen molar-refractivity contribution in [3.8, 4) is 11.5 Å². The molecule has 0 spiro atoms. The maximum absolute atomic E-state index is 12.2. The Morgan fingerprint density at radius 1 is 0.510 bits per heavy atom. The van der Waals surface area contributed by atoms with Gasteiger partial charge in [-0.2, -0.15) is 0 Å². The molecule has 6 nitrogen and oxygen atoms in total. The van der Waals surface area contributed by atoms with Gasteiger partial charge in [0.05, 0.1) is 18.9 Å². The largest absolute Gasteiger partial charge is 0.494 e. The second-order valence-corrected chi connectivity index (χ2v) is 12.8. The van der Waals surface area contributed by atoms with Crippen LogP contribution in [0.25, 0.3) is 6.08 Å². The lowest BCUT2D eigenvalue weighted by atomic mass is 10.0. The van der Waals surface area contributed by atoms with Gasteiger partial charge in [-0.25, -0.2) is 4.90 Å². The van der Waals surface area contributed by atoms with Gasteiger partial charge in [0, 0.05) is 17.7 Å². The summed E-state index contributed by atoms with van der Waals surface area (Å²) < 4.78 is 11.7. The number of ketones is 1. The molecule has 0 atom stereocenters. The molecule has 6 heteroatoms. The number of nitrogens with zero attached hydrogens (tertiary/aromatic N) is 1. The first-order valence-electron chi connectivity index (χ1n) is 18.4. The molecule has 2 amide bonds. The van der Waals surface area contributed by atoms with Crippen LogP contribution in [0.15, 0.2) is 97.1 Å². The van der Waals surface area contributed by atoms with E-state index in [4.69, 9.17) is 9.47 Å². The van der Waals surface area contributed by atoms with E-state index in [0.29, 0.717) is 17.9 Å². The monoisotopic (exact) mass is 663 g/mol. The minimum Gasteiger partial charge on any atom is -0.494 e. The van der Waals surface area contributed by atoms with Gasteiger partial charge in [0.2, 0.25) is 0 Å². The Balaban J connectivity index is 0.867. The van der Waals surface area contributed by atoms with Crippen molar-refractivity contribution in [3.05, 3.63) is 108 Å². The molecule has 49 heavy (non-hydrogen) atoms. The number of hydrogen-bond donors (Lipinski definition) is 0. The molecule has 4 rings (SSSR count). The van der Waals surface area contributed by atoms with E-state index in [-0.39, 0.29) is 17.6 Å². The fourth-order valence-electron chi connectivity index (χ4n) is 5.95. The van der Waals surface area contributed by atoms with E-state index < -0.39 is 0 Å². The molecule has 260 valence electrons. The summed E-state index contributed by atoms with van der Waals surface area (Å²) in [5.41, 5.74) is 2.26. The Morgan fingerprint density at radius 3 is 1.37 bits per heavy atom. The van der Waals surface area contributed by atoms with E-state index in [1.54, 1.807) is 18.2 Å². The fourth-order valence-corrected chi connectivity index (χ4v) is 5.95. The molecule has 0 saturated heterocycles. The predicted molar refractivity (Wildman–Crippen MR) is 199 cm³/mol. The molecule has 0 aliphatic carbocycles. The number of ether oxygens (including phenoxy) is 2. The van der Waals surface area contributed by atoms with Crippen molar-refractivity contribution in [1.82, 2.24) is 0 Å². The first-order chi connectivity index (χ1) is 24.1. The lowest BCUT2D eigenvalue weighted by molar-refractivity contribution is -0.119. The van der Waals surface area contributed by atoms with Gasteiger partial charge >= 0.3 is 0 Å². The summed E-state index contributed by atoms with van der Waals surface area (Å²) in [7, 11) is 0. The number of carbonyl (C=O) groups is 3. The van der Waals surface area contributed by atoms with Gasteiger partial charge in [0.15, 0.2) is 5.78 Å². The number of rotatable bonds is 25. The van der Waals surface area contributed by atoms with Crippen LogP contribution in [-0.2, 0) is 9.59 Å². The van der Waals surface area contributed by atoms with Crippen molar-refractivity contribution < 1.29 is 23.9 Å². The fraction of sp³-hybridized carbons (Fsp3) is 0.419. The minimum atomic E-state index is -0.305. The number of benzene rings is 3. The second kappa shape index (κ2) is 22.2. The van der Waals surface area contributed by atoms with Crippen molar-refractivity contribution >= 4 is 29.4 Å². The molecule has 1 aliphatic heterocycles. The zero-order valence-electron chi connectivity index (χ0n) is 29.0. The SMILES string of the molecule is O=C(/C=C/c1ccc(OCCCCCCCCCCCCCCCCCCOc2ccc(N3C(=O)C=CC3=O)cc2)cc1)c1ccccc1. The van der Waals surface area contributed by atoms with Gasteiger partial charge in [-0.1, -0.05) is 138 Å². The number of carbonyl (C=O) groups excluding carboxylic acids is 3. The molecule has 0 fully saturated rings. The number of unbranched alkanes of at least 4 members (excludes halogenated alkanes) is 15. The van der Waals surface area contributed by atoms with Crippen LogP contribution >= 0.6 is 0 Å². The number of allylic oxidation sites excluding steroid dienone is 1. The van der Waals surface area contributed by atoms with Crippen molar-refractivity contribution in [3.63, 3.8) is 0 Å².